The molecule has 1 aromatic carbocycles. The van der Waals surface area contributed by atoms with E-state index in [4.69, 9.17) is 14.2 Å². The third kappa shape index (κ3) is 7.33. The van der Waals surface area contributed by atoms with Crippen LogP contribution in [0.4, 0.5) is 9.59 Å². The summed E-state index contributed by atoms with van der Waals surface area (Å²) in [5.74, 6) is 0.985. The van der Waals surface area contributed by atoms with E-state index < -0.39 is 17.8 Å². The number of carbonyl (C=O) groups is 2. The fourth-order valence-electron chi connectivity index (χ4n) is 2.32. The average molecular weight is 365 g/mol. The number of ether oxygens (including phenoxy) is 3. The van der Waals surface area contributed by atoms with Crippen LogP contribution in [0.25, 0.3) is 0 Å². The average Bonchev–Trinajstić information content (AvgIpc) is 2.49. The van der Waals surface area contributed by atoms with E-state index in [0.717, 1.165) is 11.1 Å². The van der Waals surface area contributed by atoms with Gasteiger partial charge in [-0.2, -0.15) is 0 Å². The number of amides is 1. The molecule has 26 heavy (non-hydrogen) atoms. The molecule has 0 atom stereocenters. The predicted molar refractivity (Wildman–Crippen MR) is 101 cm³/mol. The number of alkyl carbamates (subject to hydrolysis) is 1. The molecule has 0 spiro atoms. The highest BCUT2D eigenvalue weighted by molar-refractivity contribution is 5.68. The van der Waals surface area contributed by atoms with Crippen molar-refractivity contribution in [3.8, 4) is 5.75 Å². The second-order valence-corrected chi connectivity index (χ2v) is 7.70. The SMILES string of the molecule is CC(C)c1cccc(C(C)C)c1OC(=O)OCCNC(=O)OC(C)(C)C. The Morgan fingerprint density at radius 3 is 2.04 bits per heavy atom. The summed E-state index contributed by atoms with van der Waals surface area (Å²) in [5.41, 5.74) is 1.34. The summed E-state index contributed by atoms with van der Waals surface area (Å²) in [7, 11) is 0. The first-order chi connectivity index (χ1) is 12.0. The van der Waals surface area contributed by atoms with Gasteiger partial charge in [-0.05, 0) is 43.7 Å². The highest BCUT2D eigenvalue weighted by Gasteiger charge is 2.19. The topological polar surface area (TPSA) is 73.9 Å². The molecule has 0 aliphatic carbocycles. The Balaban J connectivity index is 2.60. The largest absolute Gasteiger partial charge is 0.513 e. The minimum Gasteiger partial charge on any atom is -0.444 e. The summed E-state index contributed by atoms with van der Waals surface area (Å²) in [6.45, 7) is 13.7. The summed E-state index contributed by atoms with van der Waals surface area (Å²) in [4.78, 5) is 23.6. The summed E-state index contributed by atoms with van der Waals surface area (Å²) in [6, 6.07) is 5.86. The Kier molecular flexibility index (Phi) is 7.93. The predicted octanol–water partition coefficient (Wildman–Crippen LogP) is 4.97. The van der Waals surface area contributed by atoms with Gasteiger partial charge < -0.3 is 19.5 Å². The van der Waals surface area contributed by atoms with E-state index in [1.807, 2.05) is 45.9 Å². The normalized spacial score (nSPS) is 11.4. The molecule has 0 aromatic heterocycles. The van der Waals surface area contributed by atoms with Crippen molar-refractivity contribution in [3.63, 3.8) is 0 Å². The van der Waals surface area contributed by atoms with E-state index in [0.29, 0.717) is 5.75 Å². The molecule has 1 rings (SSSR count). The maximum atomic E-state index is 12.0. The first-order valence-electron chi connectivity index (χ1n) is 8.95. The van der Waals surface area contributed by atoms with Gasteiger partial charge in [0.2, 0.25) is 0 Å². The number of benzene rings is 1. The lowest BCUT2D eigenvalue weighted by Gasteiger charge is -2.20. The van der Waals surface area contributed by atoms with Crippen LogP contribution < -0.4 is 10.1 Å². The van der Waals surface area contributed by atoms with Crippen molar-refractivity contribution >= 4 is 12.2 Å². The fraction of sp³-hybridized carbons (Fsp3) is 0.600. The Hall–Kier alpha value is -2.24. The van der Waals surface area contributed by atoms with Crippen LogP contribution in [0.3, 0.4) is 0 Å². The molecule has 0 radical (unpaired) electrons. The van der Waals surface area contributed by atoms with Crippen LogP contribution in [0.2, 0.25) is 0 Å². The molecular formula is C20H31NO5. The second kappa shape index (κ2) is 9.46. The molecule has 0 saturated carbocycles. The van der Waals surface area contributed by atoms with E-state index >= 15 is 0 Å². The summed E-state index contributed by atoms with van der Waals surface area (Å²) >= 11 is 0. The van der Waals surface area contributed by atoms with Crippen LogP contribution in [-0.2, 0) is 9.47 Å². The first-order valence-corrected chi connectivity index (χ1v) is 8.95. The lowest BCUT2D eigenvalue weighted by molar-refractivity contribution is 0.0499. The van der Waals surface area contributed by atoms with Crippen LogP contribution >= 0.6 is 0 Å². The Morgan fingerprint density at radius 1 is 1.04 bits per heavy atom. The molecule has 0 aliphatic rings. The van der Waals surface area contributed by atoms with Gasteiger partial charge in [-0.3, -0.25) is 0 Å². The van der Waals surface area contributed by atoms with Crippen molar-refractivity contribution < 1.29 is 23.8 Å². The number of nitrogens with one attached hydrogen (secondary N) is 1. The van der Waals surface area contributed by atoms with Crippen molar-refractivity contribution in [2.24, 2.45) is 0 Å². The molecule has 0 fully saturated rings. The van der Waals surface area contributed by atoms with Crippen molar-refractivity contribution in [2.45, 2.75) is 65.9 Å². The molecule has 0 bridgehead atoms. The molecule has 0 heterocycles. The zero-order chi connectivity index (χ0) is 19.9. The molecule has 6 nitrogen and oxygen atoms in total. The van der Waals surface area contributed by atoms with Crippen LogP contribution in [0, 0.1) is 0 Å². The van der Waals surface area contributed by atoms with E-state index in [9.17, 15) is 9.59 Å². The third-order valence-corrected chi connectivity index (χ3v) is 3.50. The van der Waals surface area contributed by atoms with E-state index in [-0.39, 0.29) is 25.0 Å². The maximum Gasteiger partial charge on any atom is 0.513 e. The summed E-state index contributed by atoms with van der Waals surface area (Å²) < 4.78 is 15.6. The van der Waals surface area contributed by atoms with Crippen LogP contribution in [0.1, 0.15) is 71.4 Å². The maximum absolute atomic E-state index is 12.0. The fourth-order valence-corrected chi connectivity index (χ4v) is 2.32. The Labute approximate surface area is 156 Å². The minimum absolute atomic E-state index is 0.00106. The molecule has 146 valence electrons. The monoisotopic (exact) mass is 365 g/mol. The standard InChI is InChI=1S/C20H31NO5/c1-13(2)15-9-8-10-16(14(3)4)17(15)25-19(23)24-12-11-21-18(22)26-20(5,6)7/h8-10,13-14H,11-12H2,1-7H3,(H,21,22). The molecule has 0 unspecified atom stereocenters. The zero-order valence-electron chi connectivity index (χ0n) is 16.8. The van der Waals surface area contributed by atoms with Gasteiger partial charge in [-0.1, -0.05) is 45.9 Å². The van der Waals surface area contributed by atoms with Gasteiger partial charge in [0.1, 0.15) is 18.0 Å². The van der Waals surface area contributed by atoms with E-state index in [1.165, 1.54) is 0 Å². The van der Waals surface area contributed by atoms with Crippen molar-refractivity contribution in [2.75, 3.05) is 13.2 Å². The highest BCUT2D eigenvalue weighted by Crippen LogP contribution is 2.34. The van der Waals surface area contributed by atoms with E-state index in [2.05, 4.69) is 5.32 Å². The first kappa shape index (κ1) is 21.8. The quantitative estimate of drug-likeness (QED) is 0.437. The van der Waals surface area contributed by atoms with Gasteiger partial charge in [0.15, 0.2) is 0 Å². The van der Waals surface area contributed by atoms with Crippen LogP contribution in [-0.4, -0.2) is 31.0 Å². The van der Waals surface area contributed by atoms with Gasteiger partial charge in [0, 0.05) is 0 Å². The zero-order valence-corrected chi connectivity index (χ0v) is 16.8. The molecule has 1 amide bonds. The Bertz CT molecular complexity index is 591. The Morgan fingerprint density at radius 2 is 1.58 bits per heavy atom. The number of hydrogen-bond acceptors (Lipinski definition) is 5. The van der Waals surface area contributed by atoms with Crippen LogP contribution in [0.15, 0.2) is 18.2 Å². The summed E-state index contributed by atoms with van der Waals surface area (Å²) in [6.07, 6.45) is -1.34. The van der Waals surface area contributed by atoms with Crippen LogP contribution in [0.5, 0.6) is 5.75 Å². The molecule has 0 aliphatic heterocycles. The highest BCUT2D eigenvalue weighted by atomic mass is 16.7. The molecule has 0 saturated heterocycles. The molecular weight excluding hydrogens is 334 g/mol. The van der Waals surface area contributed by atoms with Gasteiger partial charge in [-0.25, -0.2) is 9.59 Å². The van der Waals surface area contributed by atoms with Gasteiger partial charge in [0.25, 0.3) is 0 Å². The number of hydrogen-bond donors (Lipinski definition) is 1. The molecule has 1 aromatic rings. The van der Waals surface area contributed by atoms with Crippen molar-refractivity contribution in [1.29, 1.82) is 0 Å². The molecule has 1 N–H and O–H groups in total. The van der Waals surface area contributed by atoms with Gasteiger partial charge in [0.05, 0.1) is 6.54 Å². The number of para-hydroxylation sites is 1. The van der Waals surface area contributed by atoms with Crippen molar-refractivity contribution in [1.82, 2.24) is 5.32 Å². The second-order valence-electron chi connectivity index (χ2n) is 7.70. The molecule has 6 heteroatoms. The number of rotatable bonds is 6. The van der Waals surface area contributed by atoms with Crippen molar-refractivity contribution in [3.05, 3.63) is 29.3 Å². The third-order valence-electron chi connectivity index (χ3n) is 3.50. The number of carbonyl (C=O) groups excluding carboxylic acids is 2. The summed E-state index contributed by atoms with van der Waals surface area (Å²) in [5, 5.41) is 2.52. The van der Waals surface area contributed by atoms with E-state index in [1.54, 1.807) is 20.8 Å². The van der Waals surface area contributed by atoms with Gasteiger partial charge in [-0.15, -0.1) is 0 Å². The lowest BCUT2D eigenvalue weighted by atomic mass is 9.94. The smallest absolute Gasteiger partial charge is 0.444 e. The lowest BCUT2D eigenvalue weighted by Crippen LogP contribution is -2.34. The minimum atomic E-state index is -0.786. The van der Waals surface area contributed by atoms with Gasteiger partial charge >= 0.3 is 12.2 Å².